The van der Waals surface area contributed by atoms with E-state index in [1.807, 2.05) is 36.0 Å². The van der Waals surface area contributed by atoms with Gasteiger partial charge in [-0.3, -0.25) is 0 Å². The SMILES string of the molecule is C=C(C)c1ccnc(-n2cc(C#N)c(CCCC)c2)c1. The van der Waals surface area contributed by atoms with Crippen LogP contribution >= 0.6 is 0 Å². The average molecular weight is 265 g/mol. The fourth-order valence-electron chi connectivity index (χ4n) is 2.12. The second-order valence-corrected chi connectivity index (χ2v) is 5.00. The first-order chi connectivity index (χ1) is 9.65. The zero-order valence-corrected chi connectivity index (χ0v) is 12.1. The first kappa shape index (κ1) is 14.1. The highest BCUT2D eigenvalue weighted by Crippen LogP contribution is 2.19. The number of hydrogen-bond acceptors (Lipinski definition) is 2. The number of rotatable bonds is 5. The van der Waals surface area contributed by atoms with Crippen molar-refractivity contribution in [3.05, 3.63) is 54.0 Å². The number of pyridine rings is 1. The van der Waals surface area contributed by atoms with E-state index in [2.05, 4.69) is 24.6 Å². The second-order valence-electron chi connectivity index (χ2n) is 5.00. The predicted molar refractivity (Wildman–Crippen MR) is 81.6 cm³/mol. The number of hydrogen-bond donors (Lipinski definition) is 0. The molecule has 2 aromatic rings. The molecule has 2 heterocycles. The molecule has 0 atom stereocenters. The number of unbranched alkanes of at least 4 members (excludes halogenated alkanes) is 1. The van der Waals surface area contributed by atoms with Gasteiger partial charge in [0.15, 0.2) is 0 Å². The van der Waals surface area contributed by atoms with Gasteiger partial charge >= 0.3 is 0 Å². The van der Waals surface area contributed by atoms with E-state index in [0.717, 1.165) is 47.3 Å². The molecule has 0 aromatic carbocycles. The lowest BCUT2D eigenvalue weighted by atomic mass is 10.1. The molecule has 20 heavy (non-hydrogen) atoms. The maximum atomic E-state index is 9.22. The summed E-state index contributed by atoms with van der Waals surface area (Å²) in [6, 6.07) is 6.20. The third kappa shape index (κ3) is 2.97. The molecular formula is C17H19N3. The van der Waals surface area contributed by atoms with Gasteiger partial charge in [-0.1, -0.05) is 25.5 Å². The summed E-state index contributed by atoms with van der Waals surface area (Å²) in [5, 5.41) is 9.22. The van der Waals surface area contributed by atoms with Gasteiger partial charge in [-0.25, -0.2) is 4.98 Å². The summed E-state index contributed by atoms with van der Waals surface area (Å²) < 4.78 is 1.93. The maximum Gasteiger partial charge on any atom is 0.137 e. The number of aryl methyl sites for hydroxylation is 1. The lowest BCUT2D eigenvalue weighted by molar-refractivity contribution is 0.793. The molecule has 0 unspecified atom stereocenters. The van der Waals surface area contributed by atoms with Gasteiger partial charge in [0.05, 0.1) is 5.56 Å². The molecular weight excluding hydrogens is 246 g/mol. The molecule has 102 valence electrons. The Labute approximate surface area is 120 Å². The molecule has 0 aliphatic heterocycles. The normalized spacial score (nSPS) is 10.2. The van der Waals surface area contributed by atoms with E-state index in [0.29, 0.717) is 0 Å². The quantitative estimate of drug-likeness (QED) is 0.816. The summed E-state index contributed by atoms with van der Waals surface area (Å²) >= 11 is 0. The van der Waals surface area contributed by atoms with Gasteiger partial charge < -0.3 is 4.57 Å². The van der Waals surface area contributed by atoms with Crippen molar-refractivity contribution in [1.29, 1.82) is 5.26 Å². The molecule has 0 amide bonds. The molecule has 3 nitrogen and oxygen atoms in total. The van der Waals surface area contributed by atoms with Crippen molar-refractivity contribution >= 4 is 5.57 Å². The highest BCUT2D eigenvalue weighted by molar-refractivity contribution is 5.62. The largest absolute Gasteiger partial charge is 0.307 e. The number of nitrogens with zero attached hydrogens (tertiary/aromatic N) is 3. The number of nitriles is 1. The van der Waals surface area contributed by atoms with Crippen molar-refractivity contribution in [2.24, 2.45) is 0 Å². The molecule has 0 radical (unpaired) electrons. The fourth-order valence-corrected chi connectivity index (χ4v) is 2.12. The molecule has 0 aliphatic rings. The number of allylic oxidation sites excluding steroid dienone is 1. The smallest absolute Gasteiger partial charge is 0.137 e. The summed E-state index contributed by atoms with van der Waals surface area (Å²) in [7, 11) is 0. The minimum absolute atomic E-state index is 0.737. The first-order valence-electron chi connectivity index (χ1n) is 6.89. The Bertz CT molecular complexity index is 659. The van der Waals surface area contributed by atoms with Crippen LogP contribution < -0.4 is 0 Å². The lowest BCUT2D eigenvalue weighted by Crippen LogP contribution is -1.95. The summed E-state index contributed by atoms with van der Waals surface area (Å²) in [6.07, 6.45) is 8.80. The molecule has 3 heteroatoms. The third-order valence-electron chi connectivity index (χ3n) is 3.33. The Morgan fingerprint density at radius 2 is 2.25 bits per heavy atom. The first-order valence-corrected chi connectivity index (χ1v) is 6.89. The zero-order chi connectivity index (χ0) is 14.5. The van der Waals surface area contributed by atoms with Gasteiger partial charge in [0.1, 0.15) is 11.9 Å². The van der Waals surface area contributed by atoms with E-state index in [-0.39, 0.29) is 0 Å². The molecule has 0 N–H and O–H groups in total. The van der Waals surface area contributed by atoms with Crippen molar-refractivity contribution in [3.8, 4) is 11.9 Å². The van der Waals surface area contributed by atoms with Gasteiger partial charge in [-0.2, -0.15) is 5.26 Å². The van der Waals surface area contributed by atoms with Crippen LogP contribution in [0.4, 0.5) is 0 Å². The Hall–Kier alpha value is -2.34. The van der Waals surface area contributed by atoms with Crippen LogP contribution in [0.15, 0.2) is 37.3 Å². The van der Waals surface area contributed by atoms with E-state index in [1.54, 1.807) is 6.20 Å². The Balaban J connectivity index is 2.38. The van der Waals surface area contributed by atoms with E-state index in [1.165, 1.54) is 0 Å². The van der Waals surface area contributed by atoms with E-state index < -0.39 is 0 Å². The summed E-state index contributed by atoms with van der Waals surface area (Å²) in [5.74, 6) is 0.824. The lowest BCUT2D eigenvalue weighted by Gasteiger charge is -2.04. The minimum Gasteiger partial charge on any atom is -0.307 e. The van der Waals surface area contributed by atoms with Crippen LogP contribution in [0, 0.1) is 11.3 Å². The van der Waals surface area contributed by atoms with Crippen LogP contribution in [-0.4, -0.2) is 9.55 Å². The van der Waals surface area contributed by atoms with Crippen LogP contribution in [0.3, 0.4) is 0 Å². The molecule has 0 bridgehead atoms. The van der Waals surface area contributed by atoms with Crippen LogP contribution in [0.5, 0.6) is 0 Å². The van der Waals surface area contributed by atoms with Crippen molar-refractivity contribution in [3.63, 3.8) is 0 Å². The van der Waals surface area contributed by atoms with Gasteiger partial charge in [0.25, 0.3) is 0 Å². The highest BCUT2D eigenvalue weighted by Gasteiger charge is 2.08. The van der Waals surface area contributed by atoms with Crippen LogP contribution in [0.2, 0.25) is 0 Å². The standard InChI is InChI=1S/C17H19N3/c1-4-5-6-15-11-20(12-16(15)10-18)17-9-14(13(2)3)7-8-19-17/h7-9,11-12H,2,4-6H2,1,3H3. The Kier molecular flexibility index (Phi) is 4.37. The zero-order valence-electron chi connectivity index (χ0n) is 12.1. The van der Waals surface area contributed by atoms with Gasteiger partial charge in [-0.15, -0.1) is 0 Å². The Morgan fingerprint density at radius 3 is 2.90 bits per heavy atom. The molecule has 2 aromatic heterocycles. The molecule has 2 rings (SSSR count). The Morgan fingerprint density at radius 1 is 1.45 bits per heavy atom. The van der Waals surface area contributed by atoms with Crippen LogP contribution in [0.25, 0.3) is 11.4 Å². The summed E-state index contributed by atoms with van der Waals surface area (Å²) in [4.78, 5) is 4.37. The van der Waals surface area contributed by atoms with Gasteiger partial charge in [0, 0.05) is 18.6 Å². The molecule has 0 saturated carbocycles. The van der Waals surface area contributed by atoms with Crippen LogP contribution in [0.1, 0.15) is 43.4 Å². The maximum absolute atomic E-state index is 9.22. The van der Waals surface area contributed by atoms with Crippen LogP contribution in [-0.2, 0) is 6.42 Å². The number of aromatic nitrogens is 2. The monoisotopic (exact) mass is 265 g/mol. The van der Waals surface area contributed by atoms with E-state index >= 15 is 0 Å². The van der Waals surface area contributed by atoms with Gasteiger partial charge in [0.2, 0.25) is 0 Å². The molecule has 0 fully saturated rings. The van der Waals surface area contributed by atoms with Crippen molar-refractivity contribution in [2.45, 2.75) is 33.1 Å². The van der Waals surface area contributed by atoms with Crippen molar-refractivity contribution in [2.75, 3.05) is 0 Å². The average Bonchev–Trinajstić information content (AvgIpc) is 2.88. The van der Waals surface area contributed by atoms with Crippen molar-refractivity contribution in [1.82, 2.24) is 9.55 Å². The topological polar surface area (TPSA) is 41.6 Å². The highest BCUT2D eigenvalue weighted by atomic mass is 15.0. The van der Waals surface area contributed by atoms with Gasteiger partial charge in [-0.05, 0) is 43.0 Å². The molecule has 0 spiro atoms. The summed E-state index contributed by atoms with van der Waals surface area (Å²) in [5.41, 5.74) is 3.91. The second kappa shape index (κ2) is 6.21. The van der Waals surface area contributed by atoms with Crippen molar-refractivity contribution < 1.29 is 0 Å². The minimum atomic E-state index is 0.737. The van der Waals surface area contributed by atoms with E-state index in [9.17, 15) is 5.26 Å². The molecule has 0 aliphatic carbocycles. The molecule has 0 saturated heterocycles. The third-order valence-corrected chi connectivity index (χ3v) is 3.33. The predicted octanol–water partition coefficient (Wildman–Crippen LogP) is 4.12. The van der Waals surface area contributed by atoms with E-state index in [4.69, 9.17) is 0 Å². The summed E-state index contributed by atoms with van der Waals surface area (Å²) in [6.45, 7) is 8.08. The fraction of sp³-hybridized carbons (Fsp3) is 0.294.